The van der Waals surface area contributed by atoms with Crippen molar-refractivity contribution in [2.75, 3.05) is 17.7 Å². The van der Waals surface area contributed by atoms with Crippen molar-refractivity contribution in [1.82, 2.24) is 9.55 Å². The Morgan fingerprint density at radius 2 is 2.23 bits per heavy atom. The van der Waals surface area contributed by atoms with Crippen molar-refractivity contribution < 1.29 is 24.5 Å². The van der Waals surface area contributed by atoms with Gasteiger partial charge in [0.25, 0.3) is 5.56 Å². The minimum atomic E-state index is -1.70. The minimum Gasteiger partial charge on any atom is -0.456 e. The number of rotatable bonds is 4. The molecule has 1 fully saturated rings. The summed E-state index contributed by atoms with van der Waals surface area (Å²) in [4.78, 5) is 32.4. The normalized spacial score (nSPS) is 27.5. The molecule has 0 radical (unpaired) electrons. The lowest BCUT2D eigenvalue weighted by Gasteiger charge is -2.31. The largest absolute Gasteiger partial charge is 0.456 e. The number of aliphatic hydroxyl groups excluding tert-OH is 1. The maximum absolute atomic E-state index is 12.2. The average Bonchev–Trinajstić information content (AvgIpc) is 3.13. The molecule has 4 heterocycles. The first-order valence-electron chi connectivity index (χ1n) is 9.48. The van der Waals surface area contributed by atoms with Gasteiger partial charge in [-0.15, -0.1) is 0 Å². The van der Waals surface area contributed by atoms with Crippen LogP contribution in [0, 0.1) is 5.92 Å². The summed E-state index contributed by atoms with van der Waals surface area (Å²) in [6, 6.07) is 1.20. The highest BCUT2D eigenvalue weighted by atomic mass is 16.6. The molecule has 4 rings (SSSR count). The maximum atomic E-state index is 12.2. The fourth-order valence-electron chi connectivity index (χ4n) is 3.78. The highest BCUT2D eigenvalue weighted by Gasteiger charge is 2.56. The lowest BCUT2D eigenvalue weighted by Crippen LogP contribution is -2.47. The fraction of sp³-hybridized carbons (Fsp3) is 0.474. The van der Waals surface area contributed by atoms with Crippen molar-refractivity contribution in [2.45, 2.75) is 44.8 Å². The predicted octanol–water partition coefficient (Wildman–Crippen LogP) is 0.272. The van der Waals surface area contributed by atoms with Crippen LogP contribution in [0.15, 0.2) is 22.1 Å². The third-order valence-electron chi connectivity index (χ3n) is 5.31. The van der Waals surface area contributed by atoms with Crippen LogP contribution in [0.2, 0.25) is 0 Å². The molecule has 0 bridgehead atoms. The van der Waals surface area contributed by atoms with Crippen molar-refractivity contribution >= 4 is 40.4 Å². The molecular formula is C19H23N5O6. The maximum Gasteiger partial charge on any atom is 0.308 e. The van der Waals surface area contributed by atoms with E-state index in [0.717, 1.165) is 0 Å². The fourth-order valence-corrected chi connectivity index (χ4v) is 3.78. The zero-order valence-electron chi connectivity index (χ0n) is 16.7. The Kier molecular flexibility index (Phi) is 4.76. The van der Waals surface area contributed by atoms with Crippen LogP contribution in [0.5, 0.6) is 0 Å². The molecule has 11 heteroatoms. The summed E-state index contributed by atoms with van der Waals surface area (Å²) in [6.45, 7) is 4.34. The van der Waals surface area contributed by atoms with E-state index in [1.165, 1.54) is 19.3 Å². The van der Waals surface area contributed by atoms with Gasteiger partial charge in [-0.1, -0.05) is 13.8 Å². The van der Waals surface area contributed by atoms with E-state index in [-0.39, 0.29) is 11.5 Å². The summed E-state index contributed by atoms with van der Waals surface area (Å²) in [5.41, 5.74) is 4.05. The Morgan fingerprint density at radius 3 is 2.90 bits per heavy atom. The first kappa shape index (κ1) is 20.3. The van der Waals surface area contributed by atoms with E-state index in [1.54, 1.807) is 24.6 Å². The van der Waals surface area contributed by atoms with Crippen LogP contribution >= 0.6 is 0 Å². The number of carbonyl (C=O) groups is 1. The summed E-state index contributed by atoms with van der Waals surface area (Å²) < 4.78 is 12.9. The van der Waals surface area contributed by atoms with Crippen LogP contribution in [-0.4, -0.2) is 56.5 Å². The van der Waals surface area contributed by atoms with Crippen LogP contribution in [0.3, 0.4) is 0 Å². The van der Waals surface area contributed by atoms with Gasteiger partial charge in [0.15, 0.2) is 12.3 Å². The molecule has 1 saturated heterocycles. The topological polar surface area (TPSA) is 161 Å². The Morgan fingerprint density at radius 1 is 1.50 bits per heavy atom. The summed E-state index contributed by atoms with van der Waals surface area (Å²) in [7, 11) is 0. The van der Waals surface area contributed by atoms with Crippen LogP contribution in [0.1, 0.15) is 27.0 Å². The van der Waals surface area contributed by atoms with Gasteiger partial charge in [-0.05, 0) is 6.92 Å². The number of esters is 1. The molecule has 0 unspecified atom stereocenters. The first-order valence-corrected chi connectivity index (χ1v) is 9.48. The molecular weight excluding hydrogens is 394 g/mol. The van der Waals surface area contributed by atoms with Gasteiger partial charge in [0.1, 0.15) is 23.3 Å². The molecule has 2 aromatic heterocycles. The molecule has 0 amide bonds. The Hall–Kier alpha value is -3.02. The van der Waals surface area contributed by atoms with Gasteiger partial charge in [-0.25, -0.2) is 4.99 Å². The third-order valence-corrected chi connectivity index (χ3v) is 5.31. The van der Waals surface area contributed by atoms with E-state index in [9.17, 15) is 19.8 Å². The van der Waals surface area contributed by atoms with Gasteiger partial charge < -0.3 is 35.3 Å². The highest BCUT2D eigenvalue weighted by Crippen LogP contribution is 2.46. The zero-order chi connectivity index (χ0) is 21.8. The second-order valence-corrected chi connectivity index (χ2v) is 7.90. The lowest BCUT2D eigenvalue weighted by molar-refractivity contribution is -0.167. The number of ether oxygens (including phenoxy) is 2. The van der Waals surface area contributed by atoms with E-state index < -0.39 is 48.1 Å². The van der Waals surface area contributed by atoms with Gasteiger partial charge in [-0.3, -0.25) is 9.59 Å². The molecule has 2 aliphatic rings. The highest BCUT2D eigenvalue weighted by molar-refractivity contribution is 6.10. The van der Waals surface area contributed by atoms with Crippen molar-refractivity contribution in [1.29, 1.82) is 0 Å². The summed E-state index contributed by atoms with van der Waals surface area (Å²) in [5, 5.41) is 24.9. The van der Waals surface area contributed by atoms with Gasteiger partial charge in [-0.2, -0.15) is 4.98 Å². The summed E-state index contributed by atoms with van der Waals surface area (Å²) >= 11 is 0. The number of anilines is 2. The van der Waals surface area contributed by atoms with Crippen LogP contribution in [-0.2, 0) is 14.3 Å². The van der Waals surface area contributed by atoms with E-state index in [2.05, 4.69) is 15.3 Å². The van der Waals surface area contributed by atoms with Crippen molar-refractivity contribution in [2.24, 2.45) is 10.9 Å². The van der Waals surface area contributed by atoms with Crippen LogP contribution in [0.25, 0.3) is 10.8 Å². The number of aromatic nitrogens is 2. The number of nitrogens with zero attached hydrogens (tertiary/aromatic N) is 3. The molecule has 2 aliphatic heterocycles. The number of aliphatic hydroxyl groups is 2. The number of hydrogen-bond donors (Lipinski definition) is 4. The number of hydrogen-bond acceptors (Lipinski definition) is 10. The molecule has 0 aliphatic carbocycles. The van der Waals surface area contributed by atoms with E-state index in [1.807, 2.05) is 0 Å². The monoisotopic (exact) mass is 417 g/mol. The van der Waals surface area contributed by atoms with Gasteiger partial charge in [0, 0.05) is 23.3 Å². The SMILES string of the molecule is CC(C)C(=O)O[C@@H]1[C@@H](CO)O[C@@H](n2cc3c(N)cc(=O)nc4c3c2N=CN4)[C@@]1(C)O. The van der Waals surface area contributed by atoms with E-state index in [4.69, 9.17) is 15.2 Å². The second-order valence-electron chi connectivity index (χ2n) is 7.90. The zero-order valence-corrected chi connectivity index (χ0v) is 16.7. The summed E-state index contributed by atoms with van der Waals surface area (Å²) in [6.07, 6.45) is -0.156. The Labute approximate surface area is 171 Å². The van der Waals surface area contributed by atoms with Gasteiger partial charge in [0.05, 0.1) is 24.2 Å². The number of nitrogen functional groups attached to an aromatic ring is 1. The molecule has 160 valence electrons. The Bertz CT molecular complexity index is 1110. The molecule has 2 aromatic rings. The minimum absolute atomic E-state index is 0.187. The number of nitrogens with two attached hydrogens (primary N) is 1. The predicted molar refractivity (Wildman–Crippen MR) is 109 cm³/mol. The molecule has 30 heavy (non-hydrogen) atoms. The molecule has 4 atom stereocenters. The second kappa shape index (κ2) is 7.04. The third kappa shape index (κ3) is 3.02. The lowest BCUT2D eigenvalue weighted by atomic mass is 9.96. The quantitative estimate of drug-likeness (QED) is 0.512. The van der Waals surface area contributed by atoms with E-state index in [0.29, 0.717) is 16.6 Å². The van der Waals surface area contributed by atoms with Crippen molar-refractivity contribution in [3.63, 3.8) is 0 Å². The molecule has 5 N–H and O–H groups in total. The van der Waals surface area contributed by atoms with Crippen LogP contribution < -0.4 is 16.6 Å². The van der Waals surface area contributed by atoms with Crippen molar-refractivity contribution in [3.05, 3.63) is 22.6 Å². The number of aliphatic imine (C=N–C) groups is 1. The molecule has 0 saturated carbocycles. The van der Waals surface area contributed by atoms with E-state index >= 15 is 0 Å². The number of carbonyl (C=O) groups excluding carboxylic acids is 1. The molecule has 0 aromatic carbocycles. The van der Waals surface area contributed by atoms with Crippen molar-refractivity contribution in [3.8, 4) is 0 Å². The smallest absolute Gasteiger partial charge is 0.308 e. The average molecular weight is 417 g/mol. The first-order chi connectivity index (χ1) is 14.1. The van der Waals surface area contributed by atoms with Crippen LogP contribution in [0.4, 0.5) is 17.3 Å². The summed E-state index contributed by atoms with van der Waals surface area (Å²) in [5.74, 6) is -0.309. The standard InChI is InChI=1S/C19H23N5O6/c1-8(2)17(27)30-14-11(6-25)29-18(19(14,3)28)24-5-9-10(20)4-12(26)23-15-13(9)16(24)22-7-21-15/h4-5,7-8,11,14,18,25,28H,6,20H2,1-3H3,(H,21,22,23,26)/t11-,14-,18-,19+/m1/s1. The number of nitrogens with one attached hydrogen (secondary N) is 1. The van der Waals surface area contributed by atoms with Gasteiger partial charge >= 0.3 is 5.97 Å². The van der Waals surface area contributed by atoms with Gasteiger partial charge in [0.2, 0.25) is 0 Å². The molecule has 11 nitrogen and oxygen atoms in total. The Balaban J connectivity index is 1.85. The molecule has 0 spiro atoms.